The van der Waals surface area contributed by atoms with Crippen LogP contribution in [0.5, 0.6) is 6.08 Å². The van der Waals surface area contributed by atoms with Crippen molar-refractivity contribution in [2.24, 2.45) is 5.92 Å². The van der Waals surface area contributed by atoms with Crippen LogP contribution < -0.4 is 10.1 Å². The normalized spacial score (nSPS) is 20.6. The van der Waals surface area contributed by atoms with Gasteiger partial charge in [-0.3, -0.25) is 0 Å². The highest BCUT2D eigenvalue weighted by Gasteiger charge is 2.15. The Morgan fingerprint density at radius 1 is 1.41 bits per heavy atom. The minimum absolute atomic E-state index is 0.386. The highest BCUT2D eigenvalue weighted by molar-refractivity contribution is 5.72. The van der Waals surface area contributed by atoms with Gasteiger partial charge in [-0.2, -0.15) is 4.98 Å². The molecule has 0 bridgehead atoms. The first-order chi connectivity index (χ1) is 8.42. The predicted molar refractivity (Wildman–Crippen MR) is 65.1 cm³/mol. The summed E-state index contributed by atoms with van der Waals surface area (Å²) in [6.07, 6.45) is 2.83. The maximum atomic E-state index is 5.61. The number of piperidine rings is 1. The molecule has 2 aromatic rings. The van der Waals surface area contributed by atoms with Crippen LogP contribution in [0.4, 0.5) is 0 Å². The lowest BCUT2D eigenvalue weighted by molar-refractivity contribution is 0.175. The van der Waals surface area contributed by atoms with E-state index in [-0.39, 0.29) is 0 Å². The Morgan fingerprint density at radius 3 is 3.18 bits per heavy atom. The number of oxazole rings is 1. The molecule has 0 radical (unpaired) electrons. The molecule has 0 spiro atoms. The fourth-order valence-electron chi connectivity index (χ4n) is 2.17. The Bertz CT molecular complexity index is 456. The van der Waals surface area contributed by atoms with Crippen molar-refractivity contribution in [1.29, 1.82) is 0 Å². The Morgan fingerprint density at radius 2 is 2.35 bits per heavy atom. The monoisotopic (exact) mass is 232 g/mol. The van der Waals surface area contributed by atoms with Crippen LogP contribution in [0.15, 0.2) is 28.7 Å². The van der Waals surface area contributed by atoms with Gasteiger partial charge in [-0.15, -0.1) is 0 Å². The van der Waals surface area contributed by atoms with Gasteiger partial charge in [0.05, 0.1) is 6.61 Å². The van der Waals surface area contributed by atoms with Crippen LogP contribution in [0, 0.1) is 5.92 Å². The van der Waals surface area contributed by atoms with Gasteiger partial charge >= 0.3 is 6.08 Å². The van der Waals surface area contributed by atoms with E-state index in [1.54, 1.807) is 0 Å². The molecular formula is C13H16N2O2. The molecule has 0 aliphatic carbocycles. The van der Waals surface area contributed by atoms with Crippen LogP contribution in [0.25, 0.3) is 11.1 Å². The molecule has 0 saturated carbocycles. The van der Waals surface area contributed by atoms with Crippen LogP contribution in [0.2, 0.25) is 0 Å². The molecule has 1 N–H and O–H groups in total. The molecule has 4 nitrogen and oxygen atoms in total. The third-order valence-corrected chi connectivity index (χ3v) is 3.12. The van der Waals surface area contributed by atoms with Gasteiger partial charge in [-0.1, -0.05) is 12.1 Å². The zero-order valence-corrected chi connectivity index (χ0v) is 9.69. The van der Waals surface area contributed by atoms with E-state index in [0.717, 1.165) is 24.2 Å². The Hall–Kier alpha value is -1.55. The first kappa shape index (κ1) is 10.6. The number of aromatic nitrogens is 1. The molecule has 1 fully saturated rings. The van der Waals surface area contributed by atoms with Gasteiger partial charge in [0.1, 0.15) is 5.52 Å². The van der Waals surface area contributed by atoms with Gasteiger partial charge < -0.3 is 14.5 Å². The largest absolute Gasteiger partial charge is 0.450 e. The van der Waals surface area contributed by atoms with Crippen molar-refractivity contribution in [3.63, 3.8) is 0 Å². The van der Waals surface area contributed by atoms with Gasteiger partial charge in [-0.25, -0.2) is 0 Å². The molecule has 3 rings (SSSR count). The molecule has 1 aromatic carbocycles. The molecule has 0 amide bonds. The molecule has 17 heavy (non-hydrogen) atoms. The quantitative estimate of drug-likeness (QED) is 0.881. The third kappa shape index (κ3) is 2.42. The van der Waals surface area contributed by atoms with E-state index in [9.17, 15) is 0 Å². The van der Waals surface area contributed by atoms with Crippen molar-refractivity contribution in [1.82, 2.24) is 10.3 Å². The average Bonchev–Trinajstić information content (AvgIpc) is 2.80. The second kappa shape index (κ2) is 4.75. The zero-order chi connectivity index (χ0) is 11.5. The minimum atomic E-state index is 0.386. The Kier molecular flexibility index (Phi) is 2.96. The topological polar surface area (TPSA) is 47.3 Å². The van der Waals surface area contributed by atoms with E-state index in [4.69, 9.17) is 9.15 Å². The Balaban J connectivity index is 1.64. The molecule has 2 heterocycles. The van der Waals surface area contributed by atoms with Crippen molar-refractivity contribution in [3.8, 4) is 6.08 Å². The zero-order valence-electron chi connectivity index (χ0n) is 9.69. The summed E-state index contributed by atoms with van der Waals surface area (Å²) in [7, 11) is 0. The van der Waals surface area contributed by atoms with E-state index in [2.05, 4.69) is 10.3 Å². The maximum absolute atomic E-state index is 5.61. The van der Waals surface area contributed by atoms with E-state index in [1.807, 2.05) is 24.3 Å². The van der Waals surface area contributed by atoms with Gasteiger partial charge in [0, 0.05) is 12.5 Å². The number of ether oxygens (including phenoxy) is 1. The summed E-state index contributed by atoms with van der Waals surface area (Å²) < 4.78 is 11.1. The van der Waals surface area contributed by atoms with Crippen LogP contribution in [-0.4, -0.2) is 24.7 Å². The molecule has 1 atom stereocenters. The Labute approximate surface area is 100.0 Å². The third-order valence-electron chi connectivity index (χ3n) is 3.12. The van der Waals surface area contributed by atoms with E-state index in [0.29, 0.717) is 18.6 Å². The molecular weight excluding hydrogens is 216 g/mol. The lowest BCUT2D eigenvalue weighted by Crippen LogP contribution is -2.33. The van der Waals surface area contributed by atoms with Crippen molar-refractivity contribution >= 4 is 11.1 Å². The summed E-state index contributed by atoms with van der Waals surface area (Å²) in [5.74, 6) is 0.568. The van der Waals surface area contributed by atoms with Crippen LogP contribution in [0.3, 0.4) is 0 Å². The van der Waals surface area contributed by atoms with Crippen molar-refractivity contribution in [2.45, 2.75) is 12.8 Å². The summed E-state index contributed by atoms with van der Waals surface area (Å²) >= 11 is 0. The van der Waals surface area contributed by atoms with Crippen LogP contribution in [0.1, 0.15) is 12.8 Å². The second-order valence-electron chi connectivity index (χ2n) is 4.47. The molecule has 90 valence electrons. The molecule has 1 saturated heterocycles. The molecule has 4 heteroatoms. The lowest BCUT2D eigenvalue weighted by atomic mass is 10.0. The van der Waals surface area contributed by atoms with Crippen LogP contribution in [-0.2, 0) is 0 Å². The maximum Gasteiger partial charge on any atom is 0.394 e. The smallest absolute Gasteiger partial charge is 0.394 e. The number of para-hydroxylation sites is 2. The van der Waals surface area contributed by atoms with E-state index in [1.165, 1.54) is 12.8 Å². The van der Waals surface area contributed by atoms with Gasteiger partial charge in [0.25, 0.3) is 0 Å². The number of hydrogen-bond acceptors (Lipinski definition) is 4. The average molecular weight is 232 g/mol. The molecule has 1 aromatic heterocycles. The van der Waals surface area contributed by atoms with E-state index >= 15 is 0 Å². The predicted octanol–water partition coefficient (Wildman–Crippen LogP) is 2.21. The molecule has 1 aliphatic rings. The first-order valence-electron chi connectivity index (χ1n) is 6.11. The number of rotatable bonds is 3. The highest BCUT2D eigenvalue weighted by atomic mass is 16.6. The van der Waals surface area contributed by atoms with E-state index < -0.39 is 0 Å². The molecule has 1 aliphatic heterocycles. The minimum Gasteiger partial charge on any atom is -0.450 e. The number of benzene rings is 1. The summed E-state index contributed by atoms with van der Waals surface area (Å²) in [6.45, 7) is 2.83. The summed E-state index contributed by atoms with van der Waals surface area (Å²) in [5.41, 5.74) is 1.63. The van der Waals surface area contributed by atoms with Gasteiger partial charge in [0.15, 0.2) is 5.58 Å². The van der Waals surface area contributed by atoms with Crippen molar-refractivity contribution < 1.29 is 9.15 Å². The van der Waals surface area contributed by atoms with Gasteiger partial charge in [-0.05, 0) is 31.5 Å². The summed E-state index contributed by atoms with van der Waals surface area (Å²) in [6, 6.07) is 7.70. The second-order valence-corrected chi connectivity index (χ2v) is 4.47. The van der Waals surface area contributed by atoms with Crippen molar-refractivity contribution in [2.75, 3.05) is 19.7 Å². The lowest BCUT2D eigenvalue weighted by Gasteiger charge is -2.21. The highest BCUT2D eigenvalue weighted by Crippen LogP contribution is 2.21. The number of nitrogens with zero attached hydrogens (tertiary/aromatic N) is 1. The fraction of sp³-hybridized carbons (Fsp3) is 0.462. The summed E-state index contributed by atoms with van der Waals surface area (Å²) in [5, 5.41) is 3.37. The standard InChI is InChI=1S/C13H16N2O2/c1-2-6-12-11(5-1)15-13(17-12)16-9-10-4-3-7-14-8-10/h1-2,5-6,10,14H,3-4,7-9H2. The van der Waals surface area contributed by atoms with Crippen molar-refractivity contribution in [3.05, 3.63) is 24.3 Å². The fourth-order valence-corrected chi connectivity index (χ4v) is 2.17. The van der Waals surface area contributed by atoms with Crippen LogP contribution >= 0.6 is 0 Å². The number of nitrogens with one attached hydrogen (secondary N) is 1. The SMILES string of the molecule is c1ccc2oc(OCC3CCCNC3)nc2c1. The number of hydrogen-bond donors (Lipinski definition) is 1. The van der Waals surface area contributed by atoms with Gasteiger partial charge in [0.2, 0.25) is 0 Å². The first-order valence-corrected chi connectivity index (χ1v) is 6.11. The molecule has 1 unspecified atom stereocenters. The number of fused-ring (bicyclic) bond motifs is 1. The summed E-state index contributed by atoms with van der Waals surface area (Å²) in [4.78, 5) is 4.29.